The van der Waals surface area contributed by atoms with Crippen molar-refractivity contribution in [1.82, 2.24) is 24.5 Å². The number of pyridine rings is 1. The zero-order chi connectivity index (χ0) is 21.5. The summed E-state index contributed by atoms with van der Waals surface area (Å²) in [4.78, 5) is 24.1. The van der Waals surface area contributed by atoms with E-state index in [0.717, 1.165) is 42.2 Å². The Bertz CT molecular complexity index is 1180. The Labute approximate surface area is 180 Å². The van der Waals surface area contributed by atoms with Gasteiger partial charge in [0.1, 0.15) is 5.84 Å². The number of aliphatic imine (C=N–C) groups is 1. The standard InChI is InChI=1S/C22H25N7O2/c1-14-5-4-8-31-22-17(11-24-28(22)3)18-9-15(6-7-23-18)21(30)25-19-10-16-13-27(2)26-20(16)29(19)12-14/h6-7,9,11,13-14H,4-5,8,10,12H2,1-3H3/t14-/m1/s1. The first-order valence-electron chi connectivity index (χ1n) is 10.5. The van der Waals surface area contributed by atoms with E-state index in [1.165, 1.54) is 0 Å². The molecule has 0 aliphatic carbocycles. The van der Waals surface area contributed by atoms with Crippen LogP contribution in [0, 0.1) is 5.92 Å². The van der Waals surface area contributed by atoms with E-state index in [2.05, 4.69) is 32.0 Å². The summed E-state index contributed by atoms with van der Waals surface area (Å²) in [6, 6.07) is 3.45. The summed E-state index contributed by atoms with van der Waals surface area (Å²) in [5.41, 5.74) is 3.00. The molecule has 5 heterocycles. The van der Waals surface area contributed by atoms with Crippen molar-refractivity contribution in [3.05, 3.63) is 41.9 Å². The Kier molecular flexibility index (Phi) is 4.80. The summed E-state index contributed by atoms with van der Waals surface area (Å²) in [6.07, 6.45) is 7.85. The van der Waals surface area contributed by atoms with Gasteiger partial charge in [-0.05, 0) is 30.9 Å². The first-order chi connectivity index (χ1) is 15.0. The molecule has 0 radical (unpaired) electrons. The minimum absolute atomic E-state index is 0.285. The third-order valence-corrected chi connectivity index (χ3v) is 5.77. The van der Waals surface area contributed by atoms with Crippen molar-refractivity contribution in [2.45, 2.75) is 26.2 Å². The van der Waals surface area contributed by atoms with Crippen LogP contribution < -0.4 is 9.64 Å². The Morgan fingerprint density at radius 1 is 1.26 bits per heavy atom. The molecule has 5 rings (SSSR count). The lowest BCUT2D eigenvalue weighted by atomic mass is 10.1. The average Bonchev–Trinajstić information content (AvgIpc) is 3.38. The third kappa shape index (κ3) is 3.60. The number of carbonyl (C=O) groups excluding carboxylic acids is 1. The minimum Gasteiger partial charge on any atom is -0.477 e. The molecule has 3 aromatic heterocycles. The van der Waals surface area contributed by atoms with Gasteiger partial charge in [-0.1, -0.05) is 6.92 Å². The molecular formula is C22H25N7O2. The van der Waals surface area contributed by atoms with Gasteiger partial charge < -0.3 is 9.64 Å². The quantitative estimate of drug-likeness (QED) is 0.556. The van der Waals surface area contributed by atoms with Crippen LogP contribution in [0.2, 0.25) is 0 Å². The Balaban J connectivity index is 1.56. The Hall–Kier alpha value is -3.49. The van der Waals surface area contributed by atoms with E-state index in [1.807, 2.05) is 25.0 Å². The average molecular weight is 419 g/mol. The summed E-state index contributed by atoms with van der Waals surface area (Å²) in [6.45, 7) is 3.56. The van der Waals surface area contributed by atoms with Gasteiger partial charge in [0.2, 0.25) is 5.88 Å². The molecule has 31 heavy (non-hydrogen) atoms. The number of nitrogens with zero attached hydrogens (tertiary/aromatic N) is 7. The maximum absolute atomic E-state index is 13.1. The number of aryl methyl sites for hydroxylation is 2. The van der Waals surface area contributed by atoms with E-state index in [-0.39, 0.29) is 5.91 Å². The normalized spacial score (nSPS) is 18.9. The zero-order valence-electron chi connectivity index (χ0n) is 17.9. The molecule has 0 saturated heterocycles. The molecule has 1 atom stereocenters. The molecule has 0 unspecified atom stereocenters. The van der Waals surface area contributed by atoms with Gasteiger partial charge in [0.15, 0.2) is 5.82 Å². The number of hydrogen-bond acceptors (Lipinski definition) is 6. The molecule has 0 spiro atoms. The number of hydrogen-bond donors (Lipinski definition) is 0. The smallest absolute Gasteiger partial charge is 0.278 e. The molecular weight excluding hydrogens is 394 g/mol. The number of carbonyl (C=O) groups is 1. The number of fused-ring (bicyclic) bond motifs is 7. The van der Waals surface area contributed by atoms with Gasteiger partial charge in [0.05, 0.1) is 24.1 Å². The van der Waals surface area contributed by atoms with E-state index in [9.17, 15) is 4.79 Å². The van der Waals surface area contributed by atoms with E-state index in [1.54, 1.807) is 29.2 Å². The highest BCUT2D eigenvalue weighted by Crippen LogP contribution is 2.31. The molecule has 0 aromatic carbocycles. The van der Waals surface area contributed by atoms with Crippen molar-refractivity contribution in [2.24, 2.45) is 25.0 Å². The second kappa shape index (κ2) is 7.64. The molecule has 0 fully saturated rings. The van der Waals surface area contributed by atoms with E-state index >= 15 is 0 Å². The maximum Gasteiger partial charge on any atom is 0.278 e. The maximum atomic E-state index is 13.1. The van der Waals surface area contributed by atoms with Crippen molar-refractivity contribution in [2.75, 3.05) is 18.1 Å². The van der Waals surface area contributed by atoms with Crippen LogP contribution in [0.1, 0.15) is 35.7 Å². The van der Waals surface area contributed by atoms with Crippen molar-refractivity contribution in [3.63, 3.8) is 0 Å². The molecule has 0 N–H and O–H groups in total. The molecule has 0 saturated carbocycles. The topological polar surface area (TPSA) is 90.4 Å². The number of amidine groups is 1. The van der Waals surface area contributed by atoms with Crippen LogP contribution in [0.15, 0.2) is 35.7 Å². The second-order valence-corrected chi connectivity index (χ2v) is 8.28. The van der Waals surface area contributed by atoms with E-state index in [0.29, 0.717) is 36.1 Å². The highest BCUT2D eigenvalue weighted by atomic mass is 16.5. The van der Waals surface area contributed by atoms with Crippen molar-refractivity contribution >= 4 is 17.6 Å². The van der Waals surface area contributed by atoms with Gasteiger partial charge >= 0.3 is 0 Å². The number of aromatic nitrogens is 5. The lowest BCUT2D eigenvalue weighted by Gasteiger charge is -2.23. The largest absolute Gasteiger partial charge is 0.477 e. The molecule has 9 heteroatoms. The summed E-state index contributed by atoms with van der Waals surface area (Å²) in [5, 5.41) is 8.93. The Morgan fingerprint density at radius 2 is 2.13 bits per heavy atom. The summed E-state index contributed by atoms with van der Waals surface area (Å²) in [5.74, 6) is 2.41. The predicted octanol–water partition coefficient (Wildman–Crippen LogP) is 2.63. The summed E-state index contributed by atoms with van der Waals surface area (Å²) < 4.78 is 9.59. The molecule has 2 aliphatic heterocycles. The second-order valence-electron chi connectivity index (χ2n) is 8.28. The number of anilines is 1. The highest BCUT2D eigenvalue weighted by molar-refractivity contribution is 6.12. The lowest BCUT2D eigenvalue weighted by molar-refractivity contribution is 0.100. The van der Waals surface area contributed by atoms with Gasteiger partial charge in [-0.25, -0.2) is 4.68 Å². The number of amides is 1. The SMILES string of the molecule is C[C@@H]1CCCOc2c(cnn2C)-c2cc(ccn2)C(=O)N=C2Cc3cn(C)nc3N2C1. The predicted molar refractivity (Wildman–Crippen MR) is 116 cm³/mol. The van der Waals surface area contributed by atoms with Gasteiger partial charge in [0.25, 0.3) is 5.91 Å². The molecule has 9 nitrogen and oxygen atoms in total. The fourth-order valence-corrected chi connectivity index (χ4v) is 4.23. The molecule has 1 amide bonds. The monoisotopic (exact) mass is 419 g/mol. The lowest BCUT2D eigenvalue weighted by Crippen LogP contribution is -2.33. The molecule has 2 bridgehead atoms. The number of ether oxygens (including phenoxy) is 1. The van der Waals surface area contributed by atoms with E-state index < -0.39 is 0 Å². The molecule has 160 valence electrons. The minimum atomic E-state index is -0.285. The molecule has 2 aliphatic rings. The van der Waals surface area contributed by atoms with E-state index in [4.69, 9.17) is 4.74 Å². The first kappa shape index (κ1) is 19.5. The van der Waals surface area contributed by atoms with Gasteiger partial charge in [-0.15, -0.1) is 0 Å². The summed E-state index contributed by atoms with van der Waals surface area (Å²) >= 11 is 0. The third-order valence-electron chi connectivity index (χ3n) is 5.77. The van der Waals surface area contributed by atoms with Crippen LogP contribution in [0.4, 0.5) is 5.82 Å². The fraction of sp³-hybridized carbons (Fsp3) is 0.409. The number of rotatable bonds is 0. The Morgan fingerprint density at radius 3 is 3.00 bits per heavy atom. The van der Waals surface area contributed by atoms with Crippen LogP contribution in [-0.2, 0) is 20.5 Å². The zero-order valence-corrected chi connectivity index (χ0v) is 17.9. The van der Waals surface area contributed by atoms with Crippen LogP contribution >= 0.6 is 0 Å². The van der Waals surface area contributed by atoms with Gasteiger partial charge in [-0.3, -0.25) is 14.5 Å². The fourth-order valence-electron chi connectivity index (χ4n) is 4.23. The van der Waals surface area contributed by atoms with Crippen LogP contribution in [0.3, 0.4) is 0 Å². The van der Waals surface area contributed by atoms with Crippen molar-refractivity contribution < 1.29 is 9.53 Å². The first-order valence-corrected chi connectivity index (χ1v) is 10.5. The van der Waals surface area contributed by atoms with Crippen molar-refractivity contribution in [1.29, 1.82) is 0 Å². The summed E-state index contributed by atoms with van der Waals surface area (Å²) in [7, 11) is 3.76. The van der Waals surface area contributed by atoms with Gasteiger partial charge in [0, 0.05) is 50.6 Å². The van der Waals surface area contributed by atoms with Crippen LogP contribution in [0.25, 0.3) is 11.3 Å². The molecule has 3 aromatic rings. The van der Waals surface area contributed by atoms with Crippen LogP contribution in [-0.4, -0.2) is 49.4 Å². The van der Waals surface area contributed by atoms with Gasteiger partial charge in [-0.2, -0.15) is 15.2 Å². The highest BCUT2D eigenvalue weighted by Gasteiger charge is 2.31. The van der Waals surface area contributed by atoms with Crippen LogP contribution in [0.5, 0.6) is 5.88 Å². The van der Waals surface area contributed by atoms with Crippen molar-refractivity contribution in [3.8, 4) is 17.1 Å².